The van der Waals surface area contributed by atoms with Crippen molar-refractivity contribution in [3.63, 3.8) is 0 Å². The van der Waals surface area contributed by atoms with Gasteiger partial charge in [-0.2, -0.15) is 12.6 Å². The Morgan fingerprint density at radius 2 is 1.81 bits per heavy atom. The van der Waals surface area contributed by atoms with Gasteiger partial charge in [0.15, 0.2) is 0 Å². The van der Waals surface area contributed by atoms with Gasteiger partial charge in [-0.05, 0) is 58.2 Å². The number of nitrogens with two attached hydrogens (primary N) is 1. The number of rotatable bonds is 11. The molecule has 0 aliphatic rings. The van der Waals surface area contributed by atoms with Crippen molar-refractivity contribution in [2.45, 2.75) is 57.1 Å². The molecule has 3 heteroatoms. The van der Waals surface area contributed by atoms with Crippen LogP contribution < -0.4 is 11.1 Å². The van der Waals surface area contributed by atoms with Crippen LogP contribution in [0.3, 0.4) is 0 Å². The lowest BCUT2D eigenvalue weighted by molar-refractivity contribution is 0.442. The van der Waals surface area contributed by atoms with Crippen LogP contribution in [-0.2, 0) is 0 Å². The summed E-state index contributed by atoms with van der Waals surface area (Å²) in [5, 5.41) is 3.75. The molecular weight excluding hydrogens is 216 g/mol. The Hall–Kier alpha value is 0.270. The summed E-state index contributed by atoms with van der Waals surface area (Å²) >= 11 is 4.60. The molecule has 0 spiro atoms. The summed E-state index contributed by atoms with van der Waals surface area (Å²) in [5.74, 6) is 0.851. The zero-order valence-electron chi connectivity index (χ0n) is 11.0. The number of thiol groups is 1. The van der Waals surface area contributed by atoms with Crippen LogP contribution in [0.4, 0.5) is 0 Å². The van der Waals surface area contributed by atoms with Gasteiger partial charge in [0.1, 0.15) is 0 Å². The standard InChI is InChI=1S/C13H30N2S/c1-12(6-3-4-11-15-2)8-9-13(16)7-5-10-14/h12-13,15-16H,3-11,14H2,1-2H3. The van der Waals surface area contributed by atoms with Gasteiger partial charge in [-0.25, -0.2) is 0 Å². The fraction of sp³-hybridized carbons (Fsp3) is 1.00. The van der Waals surface area contributed by atoms with Crippen LogP contribution in [0.15, 0.2) is 0 Å². The van der Waals surface area contributed by atoms with Crippen LogP contribution in [-0.4, -0.2) is 25.4 Å². The van der Waals surface area contributed by atoms with Gasteiger partial charge in [0.2, 0.25) is 0 Å². The van der Waals surface area contributed by atoms with Crippen LogP contribution >= 0.6 is 12.6 Å². The molecule has 2 atom stereocenters. The predicted octanol–water partition coefficient (Wildman–Crippen LogP) is 2.83. The van der Waals surface area contributed by atoms with Gasteiger partial charge in [0.05, 0.1) is 0 Å². The average Bonchev–Trinajstić information content (AvgIpc) is 2.29. The minimum absolute atomic E-state index is 0.559. The van der Waals surface area contributed by atoms with Crippen molar-refractivity contribution >= 4 is 12.6 Å². The number of hydrogen-bond acceptors (Lipinski definition) is 3. The molecule has 16 heavy (non-hydrogen) atoms. The summed E-state index contributed by atoms with van der Waals surface area (Å²) in [6, 6.07) is 0. The molecule has 0 saturated heterocycles. The first-order valence-electron chi connectivity index (χ1n) is 6.73. The molecule has 0 fully saturated rings. The normalized spacial score (nSPS) is 15.0. The van der Waals surface area contributed by atoms with E-state index < -0.39 is 0 Å². The van der Waals surface area contributed by atoms with Crippen LogP contribution in [0.25, 0.3) is 0 Å². The van der Waals surface area contributed by atoms with Gasteiger partial charge >= 0.3 is 0 Å². The van der Waals surface area contributed by atoms with E-state index >= 15 is 0 Å². The number of unbranched alkanes of at least 4 members (excludes halogenated alkanes) is 1. The maximum absolute atomic E-state index is 5.49. The summed E-state index contributed by atoms with van der Waals surface area (Å²) in [7, 11) is 2.02. The zero-order chi connectivity index (χ0) is 12.2. The van der Waals surface area contributed by atoms with Crippen molar-refractivity contribution < 1.29 is 0 Å². The Morgan fingerprint density at radius 1 is 1.06 bits per heavy atom. The lowest BCUT2D eigenvalue weighted by Gasteiger charge is -2.14. The van der Waals surface area contributed by atoms with Crippen molar-refractivity contribution in [2.75, 3.05) is 20.1 Å². The predicted molar refractivity (Wildman–Crippen MR) is 77.2 cm³/mol. The first kappa shape index (κ1) is 16.3. The Morgan fingerprint density at radius 3 is 2.44 bits per heavy atom. The van der Waals surface area contributed by atoms with E-state index in [1.807, 2.05) is 7.05 Å². The molecule has 0 bridgehead atoms. The van der Waals surface area contributed by atoms with E-state index in [1.54, 1.807) is 0 Å². The molecule has 0 aromatic carbocycles. The molecule has 3 N–H and O–H groups in total. The maximum Gasteiger partial charge on any atom is 0.00173 e. The molecule has 2 unspecified atom stereocenters. The van der Waals surface area contributed by atoms with Crippen molar-refractivity contribution in [1.29, 1.82) is 0 Å². The Labute approximate surface area is 107 Å². The second kappa shape index (κ2) is 11.7. The quantitative estimate of drug-likeness (QED) is 0.387. The fourth-order valence-electron chi connectivity index (χ4n) is 1.91. The van der Waals surface area contributed by atoms with E-state index in [2.05, 4.69) is 24.9 Å². The molecule has 0 aromatic heterocycles. The molecule has 0 aromatic rings. The van der Waals surface area contributed by atoms with Crippen molar-refractivity contribution in [3.05, 3.63) is 0 Å². The highest BCUT2D eigenvalue weighted by atomic mass is 32.1. The first-order valence-corrected chi connectivity index (χ1v) is 7.25. The SMILES string of the molecule is CNCCCCC(C)CCC(S)CCCN. The average molecular weight is 246 g/mol. The second-order valence-corrected chi connectivity index (χ2v) is 5.60. The van der Waals surface area contributed by atoms with Crippen LogP contribution in [0, 0.1) is 5.92 Å². The van der Waals surface area contributed by atoms with Crippen LogP contribution in [0.5, 0.6) is 0 Å². The fourth-order valence-corrected chi connectivity index (χ4v) is 2.25. The summed E-state index contributed by atoms with van der Waals surface area (Å²) in [4.78, 5) is 0. The molecule has 0 heterocycles. The lowest BCUT2D eigenvalue weighted by Crippen LogP contribution is -2.09. The highest BCUT2D eigenvalue weighted by Crippen LogP contribution is 2.19. The molecule has 2 nitrogen and oxygen atoms in total. The van der Waals surface area contributed by atoms with Crippen LogP contribution in [0.2, 0.25) is 0 Å². The van der Waals surface area contributed by atoms with Gasteiger partial charge in [-0.3, -0.25) is 0 Å². The van der Waals surface area contributed by atoms with Crippen LogP contribution in [0.1, 0.15) is 51.9 Å². The number of nitrogens with one attached hydrogen (secondary N) is 1. The zero-order valence-corrected chi connectivity index (χ0v) is 11.9. The van der Waals surface area contributed by atoms with Gasteiger partial charge in [0, 0.05) is 5.25 Å². The van der Waals surface area contributed by atoms with E-state index in [0.29, 0.717) is 5.25 Å². The third-order valence-corrected chi connectivity index (χ3v) is 3.62. The van der Waals surface area contributed by atoms with Gasteiger partial charge in [0.25, 0.3) is 0 Å². The minimum atomic E-state index is 0.559. The topological polar surface area (TPSA) is 38.0 Å². The third-order valence-electron chi connectivity index (χ3n) is 3.11. The van der Waals surface area contributed by atoms with Crippen molar-refractivity contribution in [2.24, 2.45) is 11.7 Å². The highest BCUT2D eigenvalue weighted by Gasteiger charge is 2.06. The Bertz CT molecular complexity index is 142. The van der Waals surface area contributed by atoms with Gasteiger partial charge in [-0.1, -0.05) is 19.8 Å². The highest BCUT2D eigenvalue weighted by molar-refractivity contribution is 7.80. The summed E-state index contributed by atoms with van der Waals surface area (Å²) in [5.41, 5.74) is 5.49. The third kappa shape index (κ3) is 10.8. The number of hydrogen-bond donors (Lipinski definition) is 3. The molecule has 0 rings (SSSR count). The van der Waals surface area contributed by atoms with E-state index in [9.17, 15) is 0 Å². The molecule has 0 amide bonds. The summed E-state index contributed by atoms with van der Waals surface area (Å²) in [6.45, 7) is 4.32. The monoisotopic (exact) mass is 246 g/mol. The summed E-state index contributed by atoms with van der Waals surface area (Å²) < 4.78 is 0. The van der Waals surface area contributed by atoms with E-state index in [-0.39, 0.29) is 0 Å². The molecule has 0 radical (unpaired) electrons. The Kier molecular flexibility index (Phi) is 11.9. The first-order chi connectivity index (χ1) is 7.70. The van der Waals surface area contributed by atoms with E-state index in [1.165, 1.54) is 38.5 Å². The molecule has 0 aliphatic heterocycles. The second-order valence-electron chi connectivity index (χ2n) is 4.87. The van der Waals surface area contributed by atoms with Crippen molar-refractivity contribution in [3.8, 4) is 0 Å². The van der Waals surface area contributed by atoms with E-state index in [4.69, 9.17) is 5.73 Å². The molecule has 0 saturated carbocycles. The molecule has 98 valence electrons. The van der Waals surface area contributed by atoms with E-state index in [0.717, 1.165) is 25.4 Å². The van der Waals surface area contributed by atoms with Gasteiger partial charge < -0.3 is 11.1 Å². The van der Waals surface area contributed by atoms with Crippen molar-refractivity contribution in [1.82, 2.24) is 5.32 Å². The molecular formula is C13H30N2S. The maximum atomic E-state index is 5.49. The minimum Gasteiger partial charge on any atom is -0.330 e. The Balaban J connectivity index is 3.31. The van der Waals surface area contributed by atoms with Gasteiger partial charge in [-0.15, -0.1) is 0 Å². The largest absolute Gasteiger partial charge is 0.330 e. The smallest absolute Gasteiger partial charge is 0.00173 e. The lowest BCUT2D eigenvalue weighted by atomic mass is 9.97. The summed E-state index contributed by atoms with van der Waals surface area (Å²) in [6.07, 6.45) is 8.87. The molecule has 0 aliphatic carbocycles.